The van der Waals surface area contributed by atoms with Gasteiger partial charge in [-0.2, -0.15) is 0 Å². The lowest BCUT2D eigenvalue weighted by Crippen LogP contribution is -2.34. The monoisotopic (exact) mass is 338 g/mol. The van der Waals surface area contributed by atoms with Crippen molar-refractivity contribution in [2.45, 2.75) is 11.8 Å². The minimum Gasteiger partial charge on any atom is -0.383 e. The molecule has 0 aromatic heterocycles. The summed E-state index contributed by atoms with van der Waals surface area (Å²) in [6, 6.07) is 1.61. The van der Waals surface area contributed by atoms with Gasteiger partial charge in [-0.25, -0.2) is 17.9 Å². The molecule has 1 rings (SSSR count). The Labute approximate surface area is 127 Å². The van der Waals surface area contributed by atoms with Gasteiger partial charge in [0.25, 0.3) is 5.91 Å². The third-order valence-corrected chi connectivity index (χ3v) is 4.17. The van der Waals surface area contributed by atoms with Crippen LogP contribution in [0, 0.1) is 5.82 Å². The molecule has 21 heavy (non-hydrogen) atoms. The molecule has 118 valence electrons. The molecule has 0 aliphatic heterocycles. The summed E-state index contributed by atoms with van der Waals surface area (Å²) in [5.74, 6) is -1.57. The van der Waals surface area contributed by atoms with Gasteiger partial charge >= 0.3 is 0 Å². The highest BCUT2D eigenvalue weighted by molar-refractivity contribution is 7.89. The van der Waals surface area contributed by atoms with E-state index in [2.05, 4.69) is 0 Å². The topological polar surface area (TPSA) is 89.7 Å². The van der Waals surface area contributed by atoms with Crippen molar-refractivity contribution in [3.05, 3.63) is 28.5 Å². The molecule has 0 aliphatic carbocycles. The third-order valence-electron chi connectivity index (χ3n) is 2.79. The molecule has 0 heterocycles. The molecule has 0 saturated carbocycles. The van der Waals surface area contributed by atoms with Crippen LogP contribution in [0.15, 0.2) is 17.0 Å². The number of sulfonamides is 1. The number of benzene rings is 1. The number of halogens is 2. The van der Waals surface area contributed by atoms with Crippen LogP contribution in [0.25, 0.3) is 0 Å². The number of primary sulfonamides is 1. The molecule has 1 aromatic rings. The number of likely N-dealkylation sites (N-methyl/N-ethyl adjacent to an activating group) is 1. The minimum atomic E-state index is -4.15. The summed E-state index contributed by atoms with van der Waals surface area (Å²) in [7, 11) is -2.68. The number of carbonyl (C=O) groups is 1. The van der Waals surface area contributed by atoms with Crippen molar-refractivity contribution in [2.75, 3.05) is 26.8 Å². The lowest BCUT2D eigenvalue weighted by molar-refractivity contribution is 0.0701. The van der Waals surface area contributed by atoms with Crippen LogP contribution in [0.3, 0.4) is 0 Å². The van der Waals surface area contributed by atoms with E-state index < -0.39 is 32.2 Å². The van der Waals surface area contributed by atoms with E-state index in [4.69, 9.17) is 21.5 Å². The Morgan fingerprint density at radius 3 is 2.57 bits per heavy atom. The maximum atomic E-state index is 13.9. The largest absolute Gasteiger partial charge is 0.383 e. The van der Waals surface area contributed by atoms with Gasteiger partial charge in [0, 0.05) is 20.2 Å². The number of nitrogens with zero attached hydrogens (tertiary/aromatic N) is 1. The number of hydrogen-bond acceptors (Lipinski definition) is 4. The zero-order valence-electron chi connectivity index (χ0n) is 11.6. The van der Waals surface area contributed by atoms with Crippen LogP contribution in [0.2, 0.25) is 5.02 Å². The molecule has 0 unspecified atom stereocenters. The summed E-state index contributed by atoms with van der Waals surface area (Å²) in [5.41, 5.74) is -0.402. The zero-order chi connectivity index (χ0) is 16.2. The van der Waals surface area contributed by atoms with Crippen LogP contribution < -0.4 is 5.14 Å². The molecule has 1 aromatic carbocycles. The van der Waals surface area contributed by atoms with E-state index >= 15 is 0 Å². The summed E-state index contributed by atoms with van der Waals surface area (Å²) in [4.78, 5) is 13.1. The number of ether oxygens (including phenoxy) is 1. The van der Waals surface area contributed by atoms with Gasteiger partial charge in [0.2, 0.25) is 10.0 Å². The van der Waals surface area contributed by atoms with Crippen molar-refractivity contribution in [3.8, 4) is 0 Å². The van der Waals surface area contributed by atoms with Crippen molar-refractivity contribution in [1.82, 2.24) is 4.90 Å². The van der Waals surface area contributed by atoms with Gasteiger partial charge in [-0.1, -0.05) is 11.6 Å². The minimum absolute atomic E-state index is 0.249. The Bertz CT molecular complexity index is 636. The van der Waals surface area contributed by atoms with Crippen LogP contribution in [0.5, 0.6) is 0 Å². The van der Waals surface area contributed by atoms with Crippen LogP contribution in [0.4, 0.5) is 4.39 Å². The molecule has 0 saturated heterocycles. The summed E-state index contributed by atoms with van der Waals surface area (Å²) >= 11 is 5.64. The Morgan fingerprint density at radius 2 is 2.10 bits per heavy atom. The first-order chi connectivity index (χ1) is 9.72. The highest BCUT2D eigenvalue weighted by atomic mass is 35.5. The first-order valence-electron chi connectivity index (χ1n) is 6.02. The fourth-order valence-electron chi connectivity index (χ4n) is 1.69. The van der Waals surface area contributed by atoms with E-state index in [1.165, 1.54) is 12.0 Å². The average Bonchev–Trinajstić information content (AvgIpc) is 2.37. The van der Waals surface area contributed by atoms with Crippen molar-refractivity contribution in [2.24, 2.45) is 5.14 Å². The van der Waals surface area contributed by atoms with Gasteiger partial charge in [-0.05, 0) is 19.1 Å². The van der Waals surface area contributed by atoms with E-state index in [-0.39, 0.29) is 18.2 Å². The molecule has 6 nitrogen and oxygen atoms in total. The maximum Gasteiger partial charge on any atom is 0.256 e. The second kappa shape index (κ2) is 7.17. The SMILES string of the molecule is CCN(CCOC)C(=O)c1cc(S(N)(=O)=O)c(Cl)cc1F. The highest BCUT2D eigenvalue weighted by Crippen LogP contribution is 2.25. The molecule has 0 bridgehead atoms. The molecule has 0 spiro atoms. The summed E-state index contributed by atoms with van der Waals surface area (Å²) in [6.07, 6.45) is 0. The first-order valence-corrected chi connectivity index (χ1v) is 7.94. The molecule has 1 amide bonds. The van der Waals surface area contributed by atoms with Crippen LogP contribution in [-0.2, 0) is 14.8 Å². The van der Waals surface area contributed by atoms with Gasteiger partial charge in [0.1, 0.15) is 10.7 Å². The van der Waals surface area contributed by atoms with Crippen LogP contribution in [-0.4, -0.2) is 46.0 Å². The molecule has 9 heteroatoms. The Morgan fingerprint density at radius 1 is 1.48 bits per heavy atom. The number of nitrogens with two attached hydrogens (primary N) is 1. The fraction of sp³-hybridized carbons (Fsp3) is 0.417. The fourth-order valence-corrected chi connectivity index (χ4v) is 2.77. The second-order valence-electron chi connectivity index (χ2n) is 4.19. The van der Waals surface area contributed by atoms with Gasteiger partial charge in [-0.3, -0.25) is 4.79 Å². The van der Waals surface area contributed by atoms with E-state index in [9.17, 15) is 17.6 Å². The highest BCUT2D eigenvalue weighted by Gasteiger charge is 2.23. The molecular formula is C12H16ClFN2O4S. The van der Waals surface area contributed by atoms with Crippen LogP contribution in [0.1, 0.15) is 17.3 Å². The second-order valence-corrected chi connectivity index (χ2v) is 6.12. The van der Waals surface area contributed by atoms with E-state index in [1.807, 2.05) is 0 Å². The number of methoxy groups -OCH3 is 1. The van der Waals surface area contributed by atoms with Gasteiger partial charge in [0.05, 0.1) is 17.2 Å². The normalized spacial score (nSPS) is 11.5. The predicted molar refractivity (Wildman–Crippen MR) is 76.2 cm³/mol. The third kappa shape index (κ3) is 4.37. The predicted octanol–water partition coefficient (Wildman–Crippen LogP) is 1.24. The van der Waals surface area contributed by atoms with Crippen molar-refractivity contribution >= 4 is 27.5 Å². The Kier molecular flexibility index (Phi) is 6.09. The molecule has 0 atom stereocenters. The smallest absolute Gasteiger partial charge is 0.256 e. The van der Waals surface area contributed by atoms with Crippen molar-refractivity contribution in [1.29, 1.82) is 0 Å². The average molecular weight is 339 g/mol. The number of carbonyl (C=O) groups excluding carboxylic acids is 1. The quantitative estimate of drug-likeness (QED) is 0.844. The van der Waals surface area contributed by atoms with E-state index in [0.717, 1.165) is 12.1 Å². The zero-order valence-corrected chi connectivity index (χ0v) is 13.2. The Hall–Kier alpha value is -1.22. The molecular weight excluding hydrogens is 323 g/mol. The molecule has 0 radical (unpaired) electrons. The lowest BCUT2D eigenvalue weighted by Gasteiger charge is -2.21. The lowest BCUT2D eigenvalue weighted by atomic mass is 10.2. The summed E-state index contributed by atoms with van der Waals surface area (Å²) in [6.45, 7) is 2.55. The number of amides is 1. The molecule has 2 N–H and O–H groups in total. The van der Waals surface area contributed by atoms with Gasteiger partial charge in [-0.15, -0.1) is 0 Å². The molecule has 0 aliphatic rings. The van der Waals surface area contributed by atoms with Gasteiger partial charge < -0.3 is 9.64 Å². The molecule has 0 fully saturated rings. The Balaban J connectivity index is 3.26. The van der Waals surface area contributed by atoms with Gasteiger partial charge in [0.15, 0.2) is 0 Å². The maximum absolute atomic E-state index is 13.9. The summed E-state index contributed by atoms with van der Waals surface area (Å²) in [5, 5.41) is 4.62. The standard InChI is InChI=1S/C12H16ClFN2O4S/c1-3-16(4-5-20-2)12(17)8-6-11(21(15,18)19)9(13)7-10(8)14/h6-7H,3-5H2,1-2H3,(H2,15,18,19). The number of rotatable bonds is 6. The first kappa shape index (κ1) is 17.8. The van der Waals surface area contributed by atoms with Crippen molar-refractivity contribution in [3.63, 3.8) is 0 Å². The number of hydrogen-bond donors (Lipinski definition) is 1. The van der Waals surface area contributed by atoms with Crippen molar-refractivity contribution < 1.29 is 22.3 Å². The van der Waals surface area contributed by atoms with Crippen LogP contribution >= 0.6 is 11.6 Å². The summed E-state index contributed by atoms with van der Waals surface area (Å²) < 4.78 is 41.5. The van der Waals surface area contributed by atoms with E-state index in [0.29, 0.717) is 6.54 Å². The van der Waals surface area contributed by atoms with E-state index in [1.54, 1.807) is 6.92 Å².